The highest BCUT2D eigenvalue weighted by Gasteiger charge is 2.12. The van der Waals surface area contributed by atoms with Gasteiger partial charge in [0.05, 0.1) is 5.52 Å². The molecule has 1 heterocycles. The molecule has 0 spiro atoms. The van der Waals surface area contributed by atoms with Gasteiger partial charge in [-0.25, -0.2) is 0 Å². The van der Waals surface area contributed by atoms with E-state index >= 15 is 0 Å². The van der Waals surface area contributed by atoms with Crippen molar-refractivity contribution in [3.05, 3.63) is 33.9 Å². The van der Waals surface area contributed by atoms with E-state index < -0.39 is 0 Å². The van der Waals surface area contributed by atoms with Crippen LogP contribution in [-0.4, -0.2) is 11.5 Å². The van der Waals surface area contributed by atoms with Crippen molar-refractivity contribution in [3.8, 4) is 0 Å². The van der Waals surface area contributed by atoms with Gasteiger partial charge in [0.2, 0.25) is 0 Å². The first-order valence-electron chi connectivity index (χ1n) is 7.43. The number of nitrogens with one attached hydrogen (secondary N) is 1. The van der Waals surface area contributed by atoms with Crippen LogP contribution >= 0.6 is 15.9 Å². The van der Waals surface area contributed by atoms with Crippen molar-refractivity contribution in [2.45, 2.75) is 46.5 Å². The van der Waals surface area contributed by atoms with E-state index in [0.717, 1.165) is 35.1 Å². The number of aryl methyl sites for hydroxylation is 1. The molecule has 0 fully saturated rings. The number of halogens is 1. The summed E-state index contributed by atoms with van der Waals surface area (Å²) in [6, 6.07) is 6.56. The number of nitrogens with zero attached hydrogens (tertiary/aromatic N) is 1. The summed E-state index contributed by atoms with van der Waals surface area (Å²) < 4.78 is 1.13. The molecule has 20 heavy (non-hydrogen) atoms. The Morgan fingerprint density at radius 1 is 1.20 bits per heavy atom. The molecule has 2 aromatic rings. The number of pyridine rings is 1. The second-order valence-electron chi connectivity index (χ2n) is 5.49. The van der Waals surface area contributed by atoms with E-state index in [-0.39, 0.29) is 0 Å². The number of aromatic nitrogens is 1. The Morgan fingerprint density at radius 2 is 1.95 bits per heavy atom. The van der Waals surface area contributed by atoms with Gasteiger partial charge in [-0.3, -0.25) is 4.98 Å². The Hall–Kier alpha value is -1.09. The van der Waals surface area contributed by atoms with E-state index in [9.17, 15) is 0 Å². The molecule has 0 saturated carbocycles. The van der Waals surface area contributed by atoms with E-state index in [4.69, 9.17) is 4.98 Å². The zero-order valence-corrected chi connectivity index (χ0v) is 14.3. The maximum atomic E-state index is 4.89. The lowest BCUT2D eigenvalue weighted by molar-refractivity contribution is 0.828. The molecule has 0 saturated heterocycles. The SMILES string of the molecule is CCCNc1cc(C(C)C)nc2c(CC)cc(Br)cc12. The van der Waals surface area contributed by atoms with Crippen LogP contribution in [0.2, 0.25) is 0 Å². The topological polar surface area (TPSA) is 24.9 Å². The summed E-state index contributed by atoms with van der Waals surface area (Å²) in [6.45, 7) is 9.76. The fourth-order valence-corrected chi connectivity index (χ4v) is 2.86. The highest BCUT2D eigenvalue weighted by Crippen LogP contribution is 2.31. The van der Waals surface area contributed by atoms with Gasteiger partial charge in [-0.1, -0.05) is 43.6 Å². The minimum atomic E-state index is 0.440. The molecule has 1 aromatic heterocycles. The highest BCUT2D eigenvalue weighted by atomic mass is 79.9. The standard InChI is InChI=1S/C17H23BrN2/c1-5-7-19-16-10-15(11(3)4)20-17-12(6-2)8-13(18)9-14(16)17/h8-11H,5-7H2,1-4H3,(H,19,20). The molecular formula is C17H23BrN2. The number of fused-ring (bicyclic) bond motifs is 1. The largest absolute Gasteiger partial charge is 0.384 e. The van der Waals surface area contributed by atoms with E-state index in [2.05, 4.69) is 67.1 Å². The van der Waals surface area contributed by atoms with Crippen molar-refractivity contribution < 1.29 is 0 Å². The third-order valence-electron chi connectivity index (χ3n) is 3.51. The predicted octanol–water partition coefficient (Wildman–Crippen LogP) is 5.51. The Morgan fingerprint density at radius 3 is 2.55 bits per heavy atom. The molecule has 0 atom stereocenters. The predicted molar refractivity (Wildman–Crippen MR) is 91.7 cm³/mol. The molecule has 2 nitrogen and oxygen atoms in total. The first kappa shape index (κ1) is 15.3. The Bertz CT molecular complexity index is 605. The summed E-state index contributed by atoms with van der Waals surface area (Å²) in [6.07, 6.45) is 2.12. The Kier molecular flexibility index (Phi) is 5.03. The van der Waals surface area contributed by atoms with Gasteiger partial charge >= 0.3 is 0 Å². The van der Waals surface area contributed by atoms with Gasteiger partial charge in [0.25, 0.3) is 0 Å². The normalized spacial score (nSPS) is 11.3. The summed E-state index contributed by atoms with van der Waals surface area (Å²) in [5, 5.41) is 4.77. The quantitative estimate of drug-likeness (QED) is 0.780. The maximum absolute atomic E-state index is 4.89. The van der Waals surface area contributed by atoms with E-state index in [1.165, 1.54) is 16.6 Å². The third kappa shape index (κ3) is 3.14. The molecule has 0 aliphatic heterocycles. The Labute approximate surface area is 130 Å². The minimum absolute atomic E-state index is 0.440. The lowest BCUT2D eigenvalue weighted by Crippen LogP contribution is -2.04. The highest BCUT2D eigenvalue weighted by molar-refractivity contribution is 9.10. The number of benzene rings is 1. The smallest absolute Gasteiger partial charge is 0.0758 e. The van der Waals surface area contributed by atoms with Gasteiger partial charge in [-0.2, -0.15) is 0 Å². The van der Waals surface area contributed by atoms with E-state index in [1.807, 2.05) is 0 Å². The summed E-state index contributed by atoms with van der Waals surface area (Å²) in [7, 11) is 0. The summed E-state index contributed by atoms with van der Waals surface area (Å²) in [5.41, 5.74) is 4.81. The first-order valence-corrected chi connectivity index (χ1v) is 8.23. The van der Waals surface area contributed by atoms with E-state index in [0.29, 0.717) is 5.92 Å². The molecule has 0 aliphatic carbocycles. The lowest BCUT2D eigenvalue weighted by Gasteiger charge is -2.15. The van der Waals surface area contributed by atoms with Crippen LogP contribution in [0.1, 0.15) is 51.3 Å². The van der Waals surface area contributed by atoms with Crippen molar-refractivity contribution in [1.82, 2.24) is 4.98 Å². The van der Waals surface area contributed by atoms with Crippen LogP contribution in [0.5, 0.6) is 0 Å². The van der Waals surface area contributed by atoms with Crippen molar-refractivity contribution in [1.29, 1.82) is 0 Å². The molecule has 2 rings (SSSR count). The lowest BCUT2D eigenvalue weighted by atomic mass is 10.0. The molecule has 0 aliphatic rings. The van der Waals surface area contributed by atoms with Crippen LogP contribution in [0, 0.1) is 0 Å². The zero-order chi connectivity index (χ0) is 14.7. The first-order chi connectivity index (χ1) is 9.56. The van der Waals surface area contributed by atoms with Crippen LogP contribution in [-0.2, 0) is 6.42 Å². The van der Waals surface area contributed by atoms with Gasteiger partial charge in [-0.15, -0.1) is 0 Å². The molecule has 3 heteroatoms. The van der Waals surface area contributed by atoms with Crippen LogP contribution in [0.15, 0.2) is 22.7 Å². The van der Waals surface area contributed by atoms with Gasteiger partial charge in [0.1, 0.15) is 0 Å². The van der Waals surface area contributed by atoms with Gasteiger partial charge in [0.15, 0.2) is 0 Å². The average molecular weight is 335 g/mol. The minimum Gasteiger partial charge on any atom is -0.384 e. The van der Waals surface area contributed by atoms with Crippen LogP contribution < -0.4 is 5.32 Å². The molecule has 0 radical (unpaired) electrons. The second-order valence-corrected chi connectivity index (χ2v) is 6.41. The number of rotatable bonds is 5. The van der Waals surface area contributed by atoms with Gasteiger partial charge < -0.3 is 5.32 Å². The molecule has 108 valence electrons. The number of hydrogen-bond acceptors (Lipinski definition) is 2. The zero-order valence-electron chi connectivity index (χ0n) is 12.8. The number of anilines is 1. The van der Waals surface area contributed by atoms with Crippen LogP contribution in [0.25, 0.3) is 10.9 Å². The van der Waals surface area contributed by atoms with E-state index in [1.54, 1.807) is 0 Å². The van der Waals surface area contributed by atoms with Crippen molar-refractivity contribution in [3.63, 3.8) is 0 Å². The monoisotopic (exact) mass is 334 g/mol. The third-order valence-corrected chi connectivity index (χ3v) is 3.97. The molecule has 1 N–H and O–H groups in total. The second kappa shape index (κ2) is 6.57. The summed E-state index contributed by atoms with van der Waals surface area (Å²) >= 11 is 3.62. The van der Waals surface area contributed by atoms with Gasteiger partial charge in [-0.05, 0) is 42.5 Å². The van der Waals surface area contributed by atoms with Crippen molar-refractivity contribution in [2.24, 2.45) is 0 Å². The fraction of sp³-hybridized carbons (Fsp3) is 0.471. The van der Waals surface area contributed by atoms with Crippen molar-refractivity contribution >= 4 is 32.5 Å². The van der Waals surface area contributed by atoms with Crippen LogP contribution in [0.3, 0.4) is 0 Å². The summed E-state index contributed by atoms with van der Waals surface area (Å²) in [4.78, 5) is 4.89. The average Bonchev–Trinajstić information content (AvgIpc) is 2.43. The molecule has 0 unspecified atom stereocenters. The Balaban J connectivity index is 2.69. The van der Waals surface area contributed by atoms with Gasteiger partial charge in [0, 0.05) is 27.8 Å². The number of hydrogen-bond donors (Lipinski definition) is 1. The van der Waals surface area contributed by atoms with Crippen molar-refractivity contribution in [2.75, 3.05) is 11.9 Å². The maximum Gasteiger partial charge on any atom is 0.0758 e. The van der Waals surface area contributed by atoms with Crippen LogP contribution in [0.4, 0.5) is 5.69 Å². The summed E-state index contributed by atoms with van der Waals surface area (Å²) in [5.74, 6) is 0.440. The molecule has 0 amide bonds. The molecule has 0 bridgehead atoms. The fourth-order valence-electron chi connectivity index (χ4n) is 2.35. The molecular weight excluding hydrogens is 312 g/mol. The molecule has 1 aromatic carbocycles.